The summed E-state index contributed by atoms with van der Waals surface area (Å²) in [6, 6.07) is 0. The van der Waals surface area contributed by atoms with Crippen LogP contribution >= 0.6 is 0 Å². The van der Waals surface area contributed by atoms with Crippen molar-refractivity contribution < 1.29 is 9.31 Å². The Bertz CT molecular complexity index is 148. The van der Waals surface area contributed by atoms with E-state index in [1.165, 1.54) is 0 Å². The molecule has 0 bridgehead atoms. The number of hydrogen-bond donors (Lipinski definition) is 0. The summed E-state index contributed by atoms with van der Waals surface area (Å²) in [7, 11) is 0. The van der Waals surface area contributed by atoms with E-state index in [0.717, 1.165) is 26.2 Å². The van der Waals surface area contributed by atoms with Crippen molar-refractivity contribution in [1.82, 2.24) is 0 Å². The van der Waals surface area contributed by atoms with Crippen molar-refractivity contribution in [3.63, 3.8) is 0 Å². The first-order valence-corrected chi connectivity index (χ1v) is 4.34. The Balaban J connectivity index is 3.54. The maximum absolute atomic E-state index is 12.9. The van der Waals surface area contributed by atoms with Gasteiger partial charge in [-0.2, -0.15) is 4.39 Å². The van der Waals surface area contributed by atoms with Gasteiger partial charge in [0.05, 0.1) is 4.92 Å². The molecule has 0 heterocycles. The third-order valence-electron chi connectivity index (χ3n) is 1.87. The molecule has 1 atom stereocenters. The molecule has 1 unspecified atom stereocenters. The zero-order valence-electron chi connectivity index (χ0n) is 7.68. The van der Waals surface area contributed by atoms with Gasteiger partial charge < -0.3 is 0 Å². The minimum atomic E-state index is -2.23. The summed E-state index contributed by atoms with van der Waals surface area (Å²) in [4.78, 5) is 9.27. The maximum Gasteiger partial charge on any atom is 0.356 e. The minimum absolute atomic E-state index is 0.0278. The van der Waals surface area contributed by atoms with Gasteiger partial charge in [-0.25, -0.2) is 0 Å². The minimum Gasteiger partial charge on any atom is -0.261 e. The number of rotatable bonds is 6. The van der Waals surface area contributed by atoms with Gasteiger partial charge in [-0.15, -0.1) is 0 Å². The number of nitrogens with zero attached hydrogens (tertiary/aromatic N) is 1. The molecule has 0 spiro atoms. The molecule has 0 aliphatic heterocycles. The lowest BCUT2D eigenvalue weighted by Crippen LogP contribution is -2.28. The molecule has 0 amide bonds. The highest BCUT2D eigenvalue weighted by molar-refractivity contribution is 4.58. The van der Waals surface area contributed by atoms with E-state index in [1.807, 2.05) is 6.92 Å². The summed E-state index contributed by atoms with van der Waals surface area (Å²) >= 11 is 0. The molecule has 0 N–H and O–H groups in total. The highest BCUT2D eigenvalue weighted by Gasteiger charge is 2.35. The third kappa shape index (κ3) is 4.26. The Morgan fingerprint density at radius 1 is 1.42 bits per heavy atom. The molecule has 3 nitrogen and oxygen atoms in total. The first-order chi connectivity index (χ1) is 5.50. The molecule has 0 aromatic rings. The second-order valence-corrected chi connectivity index (χ2v) is 3.21. The molecule has 0 aromatic heterocycles. The van der Waals surface area contributed by atoms with Gasteiger partial charge in [-0.05, 0) is 6.42 Å². The summed E-state index contributed by atoms with van der Waals surface area (Å²) in [5.41, 5.74) is 0. The quantitative estimate of drug-likeness (QED) is 0.271. The van der Waals surface area contributed by atoms with E-state index in [9.17, 15) is 14.5 Å². The number of hydrogen-bond acceptors (Lipinski definition) is 2. The third-order valence-corrected chi connectivity index (χ3v) is 1.87. The fraction of sp³-hybridized carbons (Fsp3) is 1.00. The predicted molar refractivity (Wildman–Crippen MR) is 45.3 cm³/mol. The molecule has 0 rings (SSSR count). The molecule has 0 aliphatic rings. The highest BCUT2D eigenvalue weighted by Crippen LogP contribution is 2.19. The zero-order chi connectivity index (χ0) is 9.61. The normalized spacial score (nSPS) is 15.6. The predicted octanol–water partition coefficient (Wildman–Crippen LogP) is 2.92. The van der Waals surface area contributed by atoms with Crippen LogP contribution in [0.3, 0.4) is 0 Å². The van der Waals surface area contributed by atoms with Gasteiger partial charge in [0.15, 0.2) is 0 Å². The largest absolute Gasteiger partial charge is 0.356 e. The average molecular weight is 177 g/mol. The van der Waals surface area contributed by atoms with Gasteiger partial charge in [0.25, 0.3) is 0 Å². The van der Waals surface area contributed by atoms with Crippen LogP contribution < -0.4 is 0 Å². The standard InChI is InChI=1S/C8H16FNO2/c1-3-4-5-6-7-8(2,9)10(11)12/h3-7H2,1-2H3. The summed E-state index contributed by atoms with van der Waals surface area (Å²) in [6.45, 7) is 3.07. The summed E-state index contributed by atoms with van der Waals surface area (Å²) in [5.74, 6) is -2.23. The molecule has 0 radical (unpaired) electrons. The van der Waals surface area contributed by atoms with Crippen LogP contribution in [-0.2, 0) is 0 Å². The van der Waals surface area contributed by atoms with Gasteiger partial charge in [0.1, 0.15) is 0 Å². The van der Waals surface area contributed by atoms with Crippen LogP contribution in [0.1, 0.15) is 46.0 Å². The molecule has 72 valence electrons. The Hall–Kier alpha value is -0.670. The Morgan fingerprint density at radius 3 is 2.42 bits per heavy atom. The van der Waals surface area contributed by atoms with E-state index in [0.29, 0.717) is 6.42 Å². The fourth-order valence-electron chi connectivity index (χ4n) is 0.966. The zero-order valence-corrected chi connectivity index (χ0v) is 7.68. The Kier molecular flexibility index (Phi) is 4.78. The molecule has 12 heavy (non-hydrogen) atoms. The van der Waals surface area contributed by atoms with Gasteiger partial charge in [0.2, 0.25) is 0 Å². The summed E-state index contributed by atoms with van der Waals surface area (Å²) in [6.07, 6.45) is 3.58. The van der Waals surface area contributed by atoms with Crippen LogP contribution in [0, 0.1) is 10.1 Å². The Morgan fingerprint density at radius 2 is 2.00 bits per heavy atom. The SMILES string of the molecule is CCCCCCC(C)(F)[N+](=O)[O-]. The Labute approximate surface area is 72.1 Å². The van der Waals surface area contributed by atoms with E-state index in [2.05, 4.69) is 0 Å². The van der Waals surface area contributed by atoms with E-state index in [1.54, 1.807) is 0 Å². The van der Waals surface area contributed by atoms with Crippen molar-refractivity contribution in [2.45, 2.75) is 51.7 Å². The van der Waals surface area contributed by atoms with Gasteiger partial charge in [-0.1, -0.05) is 26.2 Å². The first-order valence-electron chi connectivity index (χ1n) is 4.34. The van der Waals surface area contributed by atoms with Crippen molar-refractivity contribution in [2.24, 2.45) is 0 Å². The van der Waals surface area contributed by atoms with Crippen molar-refractivity contribution >= 4 is 0 Å². The van der Waals surface area contributed by atoms with Gasteiger partial charge in [-0.3, -0.25) is 10.1 Å². The van der Waals surface area contributed by atoms with Crippen molar-refractivity contribution in [3.05, 3.63) is 10.1 Å². The second kappa shape index (κ2) is 5.06. The van der Waals surface area contributed by atoms with Crippen LogP contribution in [0.4, 0.5) is 4.39 Å². The molecule has 0 aliphatic carbocycles. The smallest absolute Gasteiger partial charge is 0.261 e. The number of alkyl halides is 1. The molecular formula is C8H16FNO2. The lowest BCUT2D eigenvalue weighted by atomic mass is 10.1. The number of nitro groups is 1. The van der Waals surface area contributed by atoms with Crippen LogP contribution in [0.5, 0.6) is 0 Å². The molecule has 0 fully saturated rings. The van der Waals surface area contributed by atoms with Gasteiger partial charge >= 0.3 is 5.79 Å². The van der Waals surface area contributed by atoms with Crippen molar-refractivity contribution in [2.75, 3.05) is 0 Å². The summed E-state index contributed by atoms with van der Waals surface area (Å²) in [5, 5.41) is 10.1. The summed E-state index contributed by atoms with van der Waals surface area (Å²) < 4.78 is 12.9. The average Bonchev–Trinajstić information content (AvgIpc) is 1.98. The van der Waals surface area contributed by atoms with Crippen molar-refractivity contribution in [1.29, 1.82) is 0 Å². The van der Waals surface area contributed by atoms with Gasteiger partial charge in [0, 0.05) is 13.3 Å². The van der Waals surface area contributed by atoms with Crippen LogP contribution in [0.15, 0.2) is 0 Å². The number of halogens is 1. The van der Waals surface area contributed by atoms with Crippen LogP contribution in [0.25, 0.3) is 0 Å². The van der Waals surface area contributed by atoms with Crippen molar-refractivity contribution in [3.8, 4) is 0 Å². The van der Waals surface area contributed by atoms with E-state index in [-0.39, 0.29) is 6.42 Å². The van der Waals surface area contributed by atoms with Crippen LogP contribution in [0.2, 0.25) is 0 Å². The van der Waals surface area contributed by atoms with E-state index < -0.39 is 10.7 Å². The topological polar surface area (TPSA) is 43.1 Å². The molecule has 0 saturated carbocycles. The monoisotopic (exact) mass is 177 g/mol. The molecule has 0 aromatic carbocycles. The molecule has 0 saturated heterocycles. The van der Waals surface area contributed by atoms with E-state index in [4.69, 9.17) is 0 Å². The molecule has 4 heteroatoms. The highest BCUT2D eigenvalue weighted by atomic mass is 19.1. The maximum atomic E-state index is 12.9. The fourth-order valence-corrected chi connectivity index (χ4v) is 0.966. The first kappa shape index (κ1) is 11.3. The number of unbranched alkanes of at least 4 members (excludes halogenated alkanes) is 3. The van der Waals surface area contributed by atoms with Crippen LogP contribution in [-0.4, -0.2) is 10.7 Å². The lowest BCUT2D eigenvalue weighted by molar-refractivity contribution is -0.602. The lowest BCUT2D eigenvalue weighted by Gasteiger charge is -2.10. The molecular weight excluding hydrogens is 161 g/mol. The van der Waals surface area contributed by atoms with E-state index >= 15 is 0 Å². The second-order valence-electron chi connectivity index (χ2n) is 3.21.